The number of nitrogens with one attached hydrogen (secondary N) is 1. The molecule has 1 saturated carbocycles. The zero-order valence-electron chi connectivity index (χ0n) is 15.2. The normalized spacial score (nSPS) is 21.7. The van der Waals surface area contributed by atoms with Crippen LogP contribution in [0.1, 0.15) is 42.0 Å². The number of aromatic hydroxyl groups is 1. The lowest BCUT2D eigenvalue weighted by Crippen LogP contribution is -2.41. The van der Waals surface area contributed by atoms with E-state index in [4.69, 9.17) is 4.74 Å². The Balaban J connectivity index is 1.43. The van der Waals surface area contributed by atoms with E-state index in [1.54, 1.807) is 12.1 Å². The number of carbonyl (C=O) groups is 1. The van der Waals surface area contributed by atoms with Gasteiger partial charge in [0, 0.05) is 12.8 Å². The fourth-order valence-electron chi connectivity index (χ4n) is 3.94. The van der Waals surface area contributed by atoms with E-state index in [1.807, 2.05) is 24.3 Å². The van der Waals surface area contributed by atoms with Crippen molar-refractivity contribution in [1.29, 1.82) is 0 Å². The van der Waals surface area contributed by atoms with Crippen molar-refractivity contribution >= 4 is 5.91 Å². The summed E-state index contributed by atoms with van der Waals surface area (Å²) < 4.78 is 5.58. The molecule has 1 amide bonds. The highest BCUT2D eigenvalue weighted by Gasteiger charge is 2.36. The van der Waals surface area contributed by atoms with Gasteiger partial charge in [0.1, 0.15) is 11.5 Å². The van der Waals surface area contributed by atoms with Gasteiger partial charge in [0.15, 0.2) is 0 Å². The van der Waals surface area contributed by atoms with Crippen molar-refractivity contribution in [2.24, 2.45) is 5.92 Å². The molecular weight excluding hydrogens is 342 g/mol. The van der Waals surface area contributed by atoms with Crippen LogP contribution in [0.15, 0.2) is 42.5 Å². The molecule has 1 aliphatic carbocycles. The smallest absolute Gasteiger partial charge is 0.220 e. The topological polar surface area (TPSA) is 78.8 Å². The fraction of sp³-hybridized carbons (Fsp3) is 0.409. The lowest BCUT2D eigenvalue weighted by atomic mass is 9.74. The maximum absolute atomic E-state index is 12.6. The number of aliphatic hydroxyl groups excluding tert-OH is 1. The van der Waals surface area contributed by atoms with Gasteiger partial charge in [0.25, 0.3) is 0 Å². The first-order chi connectivity index (χ1) is 13.1. The number of hydrogen-bond donors (Lipinski definition) is 3. The quantitative estimate of drug-likeness (QED) is 0.734. The Bertz CT molecular complexity index is 812. The van der Waals surface area contributed by atoms with E-state index in [0.29, 0.717) is 19.4 Å². The molecule has 0 saturated heterocycles. The number of carbonyl (C=O) groups excluding carboxylic acids is 1. The van der Waals surface area contributed by atoms with Gasteiger partial charge in [-0.1, -0.05) is 18.2 Å². The Kier molecular flexibility index (Phi) is 5.03. The number of aryl methyl sites for hydroxylation is 1. The highest BCUT2D eigenvalue weighted by molar-refractivity contribution is 5.76. The molecule has 1 atom stereocenters. The molecule has 5 heteroatoms. The molecule has 0 bridgehead atoms. The largest absolute Gasteiger partial charge is 0.508 e. The molecule has 2 aromatic rings. The summed E-state index contributed by atoms with van der Waals surface area (Å²) in [6.07, 6.45) is 3.10. The van der Waals surface area contributed by atoms with Crippen molar-refractivity contribution in [3.63, 3.8) is 0 Å². The Morgan fingerprint density at radius 2 is 1.96 bits per heavy atom. The molecule has 4 rings (SSSR count). The lowest BCUT2D eigenvalue weighted by molar-refractivity contribution is -0.123. The van der Waals surface area contributed by atoms with Crippen LogP contribution in [0.5, 0.6) is 11.5 Å². The molecular formula is C22H25NO4. The molecule has 1 fully saturated rings. The van der Waals surface area contributed by atoms with Gasteiger partial charge in [-0.25, -0.2) is 0 Å². The number of aliphatic hydroxyl groups is 1. The van der Waals surface area contributed by atoms with Crippen LogP contribution < -0.4 is 10.1 Å². The third-order valence-electron chi connectivity index (χ3n) is 5.59. The summed E-state index contributed by atoms with van der Waals surface area (Å²) in [5.74, 6) is 1.43. The number of ether oxygens (including phenoxy) is 1. The van der Waals surface area contributed by atoms with Crippen LogP contribution in [0, 0.1) is 5.92 Å². The number of hydrogen-bond acceptors (Lipinski definition) is 4. The van der Waals surface area contributed by atoms with Crippen LogP contribution in [-0.4, -0.2) is 28.8 Å². The minimum Gasteiger partial charge on any atom is -0.508 e. The van der Waals surface area contributed by atoms with E-state index >= 15 is 0 Å². The van der Waals surface area contributed by atoms with Gasteiger partial charge >= 0.3 is 0 Å². The number of rotatable bonds is 6. The minimum absolute atomic E-state index is 0.00575. The van der Waals surface area contributed by atoms with Gasteiger partial charge in [-0.15, -0.1) is 0 Å². The molecule has 142 valence electrons. The van der Waals surface area contributed by atoms with E-state index < -0.39 is 0 Å². The predicted molar refractivity (Wildman–Crippen MR) is 102 cm³/mol. The highest BCUT2D eigenvalue weighted by atomic mass is 16.5. The second kappa shape index (κ2) is 7.61. The van der Waals surface area contributed by atoms with Gasteiger partial charge in [0.2, 0.25) is 5.91 Å². The summed E-state index contributed by atoms with van der Waals surface area (Å²) in [5, 5.41) is 22.3. The van der Waals surface area contributed by atoms with Crippen molar-refractivity contribution < 1.29 is 19.7 Å². The first kappa shape index (κ1) is 17.9. The van der Waals surface area contributed by atoms with E-state index in [1.165, 1.54) is 5.56 Å². The Labute approximate surface area is 159 Å². The van der Waals surface area contributed by atoms with Crippen LogP contribution in [0.4, 0.5) is 0 Å². The van der Waals surface area contributed by atoms with Gasteiger partial charge < -0.3 is 20.3 Å². The molecule has 27 heavy (non-hydrogen) atoms. The van der Waals surface area contributed by atoms with Gasteiger partial charge in [-0.3, -0.25) is 4.79 Å². The van der Waals surface area contributed by atoms with Crippen LogP contribution in [0.25, 0.3) is 0 Å². The van der Waals surface area contributed by atoms with Crippen molar-refractivity contribution in [3.8, 4) is 11.5 Å². The SMILES string of the molecule is O=C(CCc1ccc(O)cc1)N[C@@H](c1ccc2c(c1)CCO2)C1CC(O)C1. The number of benzene rings is 2. The van der Waals surface area contributed by atoms with E-state index in [0.717, 1.165) is 36.1 Å². The van der Waals surface area contributed by atoms with Gasteiger partial charge in [0.05, 0.1) is 18.8 Å². The number of phenolic OH excluding ortho intramolecular Hbond substituents is 1. The lowest BCUT2D eigenvalue weighted by Gasteiger charge is -2.38. The summed E-state index contributed by atoms with van der Waals surface area (Å²) >= 11 is 0. The van der Waals surface area contributed by atoms with Gasteiger partial charge in [-0.2, -0.15) is 0 Å². The summed E-state index contributed by atoms with van der Waals surface area (Å²) in [4.78, 5) is 12.6. The average Bonchev–Trinajstić information content (AvgIpc) is 3.11. The van der Waals surface area contributed by atoms with E-state index in [9.17, 15) is 15.0 Å². The summed E-state index contributed by atoms with van der Waals surface area (Å²) in [7, 11) is 0. The molecule has 1 heterocycles. The average molecular weight is 367 g/mol. The zero-order valence-corrected chi connectivity index (χ0v) is 15.2. The van der Waals surface area contributed by atoms with Crippen molar-refractivity contribution in [3.05, 3.63) is 59.2 Å². The maximum Gasteiger partial charge on any atom is 0.220 e. The molecule has 3 N–H and O–H groups in total. The van der Waals surface area contributed by atoms with Crippen LogP contribution >= 0.6 is 0 Å². The van der Waals surface area contributed by atoms with Gasteiger partial charge in [-0.05, 0) is 66.1 Å². The van der Waals surface area contributed by atoms with Crippen LogP contribution in [0.3, 0.4) is 0 Å². The summed E-state index contributed by atoms with van der Waals surface area (Å²) in [5.41, 5.74) is 3.30. The van der Waals surface area contributed by atoms with Crippen LogP contribution in [0.2, 0.25) is 0 Å². The monoisotopic (exact) mass is 367 g/mol. The van der Waals surface area contributed by atoms with E-state index in [2.05, 4.69) is 11.4 Å². The third kappa shape index (κ3) is 4.08. The van der Waals surface area contributed by atoms with Crippen LogP contribution in [-0.2, 0) is 17.6 Å². The first-order valence-electron chi connectivity index (χ1n) is 9.59. The molecule has 0 aromatic heterocycles. The maximum atomic E-state index is 12.6. The number of fused-ring (bicyclic) bond motifs is 1. The fourth-order valence-corrected chi connectivity index (χ4v) is 3.94. The highest BCUT2D eigenvalue weighted by Crippen LogP contribution is 2.39. The molecule has 0 radical (unpaired) electrons. The predicted octanol–water partition coefficient (Wildman–Crippen LogP) is 2.89. The summed E-state index contributed by atoms with van der Waals surface area (Å²) in [6, 6.07) is 13.0. The Morgan fingerprint density at radius 3 is 2.70 bits per heavy atom. The van der Waals surface area contributed by atoms with E-state index in [-0.39, 0.29) is 29.7 Å². The van der Waals surface area contributed by atoms with Crippen molar-refractivity contribution in [1.82, 2.24) is 5.32 Å². The Morgan fingerprint density at radius 1 is 1.19 bits per heavy atom. The molecule has 0 unspecified atom stereocenters. The molecule has 2 aliphatic rings. The Hall–Kier alpha value is -2.53. The molecule has 5 nitrogen and oxygen atoms in total. The standard InChI is InChI=1S/C22H25NO4/c24-18-5-1-14(2-6-18)3-8-21(26)23-22(17-12-19(25)13-17)16-4-7-20-15(11-16)9-10-27-20/h1-2,4-7,11,17,19,22,24-25H,3,8-10,12-13H2,(H,23,26)/t17?,19?,22-/m0/s1. The molecule has 2 aromatic carbocycles. The van der Waals surface area contributed by atoms with Crippen molar-refractivity contribution in [2.45, 2.75) is 44.2 Å². The first-order valence-corrected chi connectivity index (χ1v) is 9.59. The summed E-state index contributed by atoms with van der Waals surface area (Å²) in [6.45, 7) is 0.713. The van der Waals surface area contributed by atoms with Crippen molar-refractivity contribution in [2.75, 3.05) is 6.61 Å². The zero-order chi connectivity index (χ0) is 18.8. The third-order valence-corrected chi connectivity index (χ3v) is 5.59. The molecule has 0 spiro atoms. The number of phenols is 1. The minimum atomic E-state index is -0.260. The second-order valence-corrected chi connectivity index (χ2v) is 7.56. The second-order valence-electron chi connectivity index (χ2n) is 7.56. The molecule has 1 aliphatic heterocycles. The number of amides is 1.